The summed E-state index contributed by atoms with van der Waals surface area (Å²) in [6.45, 7) is 15.3. The van der Waals surface area contributed by atoms with Crippen molar-refractivity contribution in [3.63, 3.8) is 0 Å². The molecule has 0 aliphatic carbocycles. The number of hydrogen-bond donors (Lipinski definition) is 2. The van der Waals surface area contributed by atoms with Gasteiger partial charge >= 0.3 is 0 Å². The molecular formula is C29H40N6O. The van der Waals surface area contributed by atoms with Crippen LogP contribution in [0.1, 0.15) is 56.9 Å². The minimum absolute atomic E-state index is 0.565. The lowest BCUT2D eigenvalue weighted by atomic mass is 10.1. The van der Waals surface area contributed by atoms with Crippen molar-refractivity contribution in [3.05, 3.63) is 65.6 Å². The molecule has 0 saturated carbocycles. The minimum atomic E-state index is 0.565. The molecule has 3 heterocycles. The number of hydrogen-bond acceptors (Lipinski definition) is 6. The molecule has 0 aliphatic rings. The van der Waals surface area contributed by atoms with Gasteiger partial charge in [0, 0.05) is 53.8 Å². The highest BCUT2D eigenvalue weighted by molar-refractivity contribution is 5.88. The van der Waals surface area contributed by atoms with E-state index in [0.717, 1.165) is 49.4 Å². The van der Waals surface area contributed by atoms with Crippen molar-refractivity contribution in [2.45, 2.75) is 60.8 Å². The predicted octanol–water partition coefficient (Wildman–Crippen LogP) is 7.12. The zero-order valence-corrected chi connectivity index (χ0v) is 22.6. The lowest BCUT2D eigenvalue weighted by molar-refractivity contribution is 0.305. The molecule has 0 saturated heterocycles. The summed E-state index contributed by atoms with van der Waals surface area (Å²) in [5.74, 6) is 2.09. The molecule has 0 aliphatic heterocycles. The number of benzene rings is 1. The smallest absolute Gasteiger partial charge is 0.232 e. The van der Waals surface area contributed by atoms with Crippen LogP contribution < -0.4 is 15.0 Å². The highest BCUT2D eigenvalue weighted by Crippen LogP contribution is 2.27. The molecule has 0 bridgehead atoms. The Bertz CT molecular complexity index is 1220. The summed E-state index contributed by atoms with van der Waals surface area (Å²) in [6.07, 6.45) is 6.69. The molecule has 2 N–H and O–H groups in total. The van der Waals surface area contributed by atoms with E-state index >= 15 is 0 Å². The third-order valence-corrected chi connectivity index (χ3v) is 5.83. The van der Waals surface area contributed by atoms with Crippen LogP contribution in [0.2, 0.25) is 0 Å². The van der Waals surface area contributed by atoms with Crippen molar-refractivity contribution < 1.29 is 4.74 Å². The Balaban J connectivity index is 0.000000444. The van der Waals surface area contributed by atoms with Gasteiger partial charge in [-0.25, -0.2) is 0 Å². The lowest BCUT2D eigenvalue weighted by Crippen LogP contribution is -2.26. The van der Waals surface area contributed by atoms with Gasteiger partial charge < -0.3 is 19.9 Å². The number of nitrogens with one attached hydrogen (secondary N) is 2. The second-order valence-electron chi connectivity index (χ2n) is 9.01. The first-order chi connectivity index (χ1) is 17.4. The van der Waals surface area contributed by atoms with Crippen molar-refractivity contribution in [2.24, 2.45) is 0 Å². The number of fused-ring (bicyclic) bond motifs is 1. The normalized spacial score (nSPS) is 10.6. The molecule has 7 nitrogen and oxygen atoms in total. The number of rotatable bonds is 10. The summed E-state index contributed by atoms with van der Waals surface area (Å²) >= 11 is 0. The van der Waals surface area contributed by atoms with Crippen LogP contribution in [0.3, 0.4) is 0 Å². The van der Waals surface area contributed by atoms with Crippen LogP contribution in [-0.2, 0) is 0 Å². The molecule has 0 atom stereocenters. The maximum absolute atomic E-state index is 5.85. The van der Waals surface area contributed by atoms with Gasteiger partial charge in [0.05, 0.1) is 6.61 Å². The number of H-pyrrole nitrogens is 1. The molecule has 0 fully saturated rings. The molecule has 1 aromatic carbocycles. The maximum atomic E-state index is 5.85. The zero-order valence-electron chi connectivity index (χ0n) is 22.6. The Morgan fingerprint density at radius 3 is 2.33 bits per heavy atom. The first-order valence-corrected chi connectivity index (χ1v) is 12.9. The second kappa shape index (κ2) is 13.5. The number of anilines is 3. The monoisotopic (exact) mass is 488 g/mol. The summed E-state index contributed by atoms with van der Waals surface area (Å²) < 4.78 is 5.85. The summed E-state index contributed by atoms with van der Waals surface area (Å²) in [4.78, 5) is 19.0. The molecule has 36 heavy (non-hydrogen) atoms. The molecule has 4 aromatic rings. The van der Waals surface area contributed by atoms with Crippen molar-refractivity contribution in [2.75, 3.05) is 29.9 Å². The standard InChI is InChI=1S/C23H33N5O.C6H7N/c1-6-11-28(12-7-2)21-15-22(29-13-8-3)27-23(26-21)25-18-9-10-20-19(14-18)16(4)17(5)24-20;1-6-3-2-4-7-5-6/h9-10,14-15,24H,6-8,11-13H2,1-5H3,(H,25,26,27);2-5H,1H3. The van der Waals surface area contributed by atoms with Crippen LogP contribution in [0.4, 0.5) is 17.5 Å². The van der Waals surface area contributed by atoms with E-state index in [2.05, 4.69) is 78.0 Å². The Labute approximate surface area is 215 Å². The average Bonchev–Trinajstić information content (AvgIpc) is 3.16. The Hall–Kier alpha value is -3.61. The highest BCUT2D eigenvalue weighted by Gasteiger charge is 2.13. The van der Waals surface area contributed by atoms with Gasteiger partial charge in [0.1, 0.15) is 5.82 Å². The molecule has 4 rings (SSSR count). The average molecular weight is 489 g/mol. The molecule has 7 heteroatoms. The first-order valence-electron chi connectivity index (χ1n) is 12.9. The quantitative estimate of drug-likeness (QED) is 0.247. The van der Waals surface area contributed by atoms with Crippen molar-refractivity contribution in [3.8, 4) is 5.88 Å². The van der Waals surface area contributed by atoms with E-state index in [4.69, 9.17) is 9.72 Å². The number of nitrogens with zero attached hydrogens (tertiary/aromatic N) is 4. The molecular weight excluding hydrogens is 448 g/mol. The minimum Gasteiger partial charge on any atom is -0.477 e. The largest absolute Gasteiger partial charge is 0.477 e. The second-order valence-corrected chi connectivity index (χ2v) is 9.01. The first kappa shape index (κ1) is 27.0. The third kappa shape index (κ3) is 7.44. The number of pyridine rings is 1. The van der Waals surface area contributed by atoms with Crippen LogP contribution in [0.25, 0.3) is 10.9 Å². The van der Waals surface area contributed by atoms with Gasteiger partial charge in [-0.15, -0.1) is 0 Å². The van der Waals surface area contributed by atoms with Gasteiger partial charge in [-0.3, -0.25) is 4.98 Å². The van der Waals surface area contributed by atoms with E-state index in [1.165, 1.54) is 22.2 Å². The van der Waals surface area contributed by atoms with Crippen LogP contribution >= 0.6 is 0 Å². The highest BCUT2D eigenvalue weighted by atomic mass is 16.5. The van der Waals surface area contributed by atoms with Gasteiger partial charge in [0.15, 0.2) is 0 Å². The fourth-order valence-corrected chi connectivity index (χ4v) is 3.91. The molecule has 0 unspecified atom stereocenters. The van der Waals surface area contributed by atoms with Gasteiger partial charge in [0.25, 0.3) is 0 Å². The van der Waals surface area contributed by atoms with Crippen LogP contribution in [-0.4, -0.2) is 39.6 Å². The zero-order chi connectivity index (χ0) is 25.9. The van der Waals surface area contributed by atoms with Crippen LogP contribution in [0.15, 0.2) is 48.8 Å². The lowest BCUT2D eigenvalue weighted by Gasteiger charge is -2.23. The summed E-state index contributed by atoms with van der Waals surface area (Å²) in [5, 5.41) is 4.60. The van der Waals surface area contributed by atoms with E-state index in [1.807, 2.05) is 31.3 Å². The van der Waals surface area contributed by atoms with Crippen LogP contribution in [0.5, 0.6) is 5.88 Å². The Morgan fingerprint density at radius 1 is 0.944 bits per heavy atom. The Kier molecular flexibility index (Phi) is 10.1. The van der Waals surface area contributed by atoms with E-state index in [1.54, 1.807) is 6.20 Å². The van der Waals surface area contributed by atoms with Gasteiger partial charge in [-0.05, 0) is 75.4 Å². The Morgan fingerprint density at radius 2 is 1.72 bits per heavy atom. The summed E-state index contributed by atoms with van der Waals surface area (Å²) in [7, 11) is 0. The molecule has 0 spiro atoms. The molecule has 192 valence electrons. The van der Waals surface area contributed by atoms with Crippen molar-refractivity contribution in [1.82, 2.24) is 19.9 Å². The van der Waals surface area contributed by atoms with Crippen LogP contribution in [0, 0.1) is 20.8 Å². The van der Waals surface area contributed by atoms with E-state index in [9.17, 15) is 0 Å². The van der Waals surface area contributed by atoms with Crippen molar-refractivity contribution in [1.29, 1.82) is 0 Å². The van der Waals surface area contributed by atoms with Crippen molar-refractivity contribution >= 4 is 28.4 Å². The van der Waals surface area contributed by atoms with E-state index < -0.39 is 0 Å². The van der Waals surface area contributed by atoms with E-state index in [-0.39, 0.29) is 0 Å². The summed E-state index contributed by atoms with van der Waals surface area (Å²) in [5.41, 5.74) is 5.78. The fraction of sp³-hybridized carbons (Fsp3) is 0.414. The third-order valence-electron chi connectivity index (χ3n) is 5.83. The van der Waals surface area contributed by atoms with Gasteiger partial charge in [-0.2, -0.15) is 9.97 Å². The van der Waals surface area contributed by atoms with Gasteiger partial charge in [-0.1, -0.05) is 26.8 Å². The number of aromatic nitrogens is 4. The predicted molar refractivity (Wildman–Crippen MR) is 151 cm³/mol. The molecule has 0 radical (unpaired) electrons. The number of aryl methyl sites for hydroxylation is 3. The molecule has 3 aromatic heterocycles. The summed E-state index contributed by atoms with van der Waals surface area (Å²) in [6, 6.07) is 12.2. The van der Waals surface area contributed by atoms with E-state index in [0.29, 0.717) is 18.4 Å². The number of ether oxygens (including phenoxy) is 1. The topological polar surface area (TPSA) is 79.0 Å². The SMILES string of the molecule is CCCOc1cc(N(CCC)CCC)nc(Nc2ccc3[nH]c(C)c(C)c3c2)n1.Cc1cccnc1. The fourth-order valence-electron chi connectivity index (χ4n) is 3.91. The molecule has 0 amide bonds. The number of aromatic amines is 1. The van der Waals surface area contributed by atoms with Gasteiger partial charge in [0.2, 0.25) is 11.8 Å². The maximum Gasteiger partial charge on any atom is 0.232 e.